The fourth-order valence-electron chi connectivity index (χ4n) is 2.41. The number of benzene rings is 1. The van der Waals surface area contributed by atoms with Crippen molar-refractivity contribution in [3.8, 4) is 5.75 Å². The molecule has 0 amide bonds. The van der Waals surface area contributed by atoms with Crippen molar-refractivity contribution in [2.24, 2.45) is 0 Å². The summed E-state index contributed by atoms with van der Waals surface area (Å²) in [4.78, 5) is 11.2. The molecular formula is C15H18O4. The van der Waals surface area contributed by atoms with Crippen LogP contribution in [0, 0.1) is 0 Å². The minimum Gasteiger partial charge on any atom is -0.497 e. The van der Waals surface area contributed by atoms with Gasteiger partial charge < -0.3 is 14.6 Å². The third-order valence-corrected chi connectivity index (χ3v) is 3.48. The molecular weight excluding hydrogens is 244 g/mol. The van der Waals surface area contributed by atoms with Crippen LogP contribution in [-0.4, -0.2) is 31.4 Å². The molecule has 1 aliphatic rings. The summed E-state index contributed by atoms with van der Waals surface area (Å²) >= 11 is 0. The lowest BCUT2D eigenvalue weighted by Gasteiger charge is -2.28. The van der Waals surface area contributed by atoms with Gasteiger partial charge in [-0.25, -0.2) is 4.79 Å². The molecule has 0 aliphatic heterocycles. The molecule has 0 aromatic heterocycles. The molecule has 1 aromatic carbocycles. The lowest BCUT2D eigenvalue weighted by Crippen LogP contribution is -2.24. The minimum absolute atomic E-state index is 0.196. The molecule has 0 unspecified atom stereocenters. The smallest absolute Gasteiger partial charge is 0.330 e. The van der Waals surface area contributed by atoms with E-state index in [2.05, 4.69) is 4.74 Å². The molecule has 0 radical (unpaired) electrons. The second-order valence-corrected chi connectivity index (χ2v) is 4.58. The second kappa shape index (κ2) is 5.89. The largest absolute Gasteiger partial charge is 0.497 e. The van der Waals surface area contributed by atoms with Crippen molar-refractivity contribution in [3.05, 3.63) is 41.5 Å². The third kappa shape index (κ3) is 2.96. The topological polar surface area (TPSA) is 55.8 Å². The van der Waals surface area contributed by atoms with E-state index in [1.54, 1.807) is 13.2 Å². The van der Waals surface area contributed by atoms with Crippen LogP contribution in [0.25, 0.3) is 0 Å². The summed E-state index contributed by atoms with van der Waals surface area (Å²) in [6.45, 7) is 0. The summed E-state index contributed by atoms with van der Waals surface area (Å²) in [6.07, 6.45) is 4.11. The summed E-state index contributed by atoms with van der Waals surface area (Å²) in [5.41, 5.74) is 2.20. The summed E-state index contributed by atoms with van der Waals surface area (Å²) in [5.74, 6) is 0.143. The van der Waals surface area contributed by atoms with Crippen molar-refractivity contribution < 1.29 is 19.4 Å². The number of rotatable bonds is 3. The molecule has 0 saturated carbocycles. The molecule has 1 N–H and O–H groups in total. The maximum absolute atomic E-state index is 11.2. The highest BCUT2D eigenvalue weighted by Gasteiger charge is 2.26. The zero-order valence-electron chi connectivity index (χ0n) is 11.1. The monoisotopic (exact) mass is 262 g/mol. The Morgan fingerprint density at radius 3 is 2.89 bits per heavy atom. The van der Waals surface area contributed by atoms with Gasteiger partial charge in [0.2, 0.25) is 0 Å². The van der Waals surface area contributed by atoms with Gasteiger partial charge >= 0.3 is 5.97 Å². The zero-order chi connectivity index (χ0) is 13.8. The summed E-state index contributed by atoms with van der Waals surface area (Å²) in [7, 11) is 2.95. The van der Waals surface area contributed by atoms with Crippen LogP contribution in [0.15, 0.2) is 30.4 Å². The summed E-state index contributed by atoms with van der Waals surface area (Å²) in [5, 5.41) is 10.1. The van der Waals surface area contributed by atoms with Gasteiger partial charge in [0.05, 0.1) is 20.3 Å². The number of ether oxygens (including phenoxy) is 2. The van der Waals surface area contributed by atoms with Gasteiger partial charge in [0.1, 0.15) is 5.75 Å². The van der Waals surface area contributed by atoms with Gasteiger partial charge in [-0.1, -0.05) is 12.1 Å². The average molecular weight is 262 g/mol. The van der Waals surface area contributed by atoms with Crippen molar-refractivity contribution >= 4 is 5.97 Å². The number of carbonyl (C=O) groups excluding carboxylic acids is 1. The van der Waals surface area contributed by atoms with Crippen molar-refractivity contribution in [1.82, 2.24) is 0 Å². The highest BCUT2D eigenvalue weighted by molar-refractivity contribution is 5.82. The number of aliphatic hydroxyl groups excluding tert-OH is 1. The molecule has 2 atom stereocenters. The van der Waals surface area contributed by atoms with Crippen molar-refractivity contribution in [1.29, 1.82) is 0 Å². The second-order valence-electron chi connectivity index (χ2n) is 4.58. The first kappa shape index (κ1) is 13.6. The van der Waals surface area contributed by atoms with Crippen LogP contribution in [0.1, 0.15) is 23.5 Å². The van der Waals surface area contributed by atoms with Crippen LogP contribution >= 0.6 is 0 Å². The van der Waals surface area contributed by atoms with E-state index in [4.69, 9.17) is 4.74 Å². The Bertz CT molecular complexity index is 493. The number of esters is 1. The molecule has 0 fully saturated rings. The van der Waals surface area contributed by atoms with Crippen LogP contribution in [-0.2, 0) is 16.0 Å². The first-order valence-corrected chi connectivity index (χ1v) is 6.26. The highest BCUT2D eigenvalue weighted by atomic mass is 16.5. The van der Waals surface area contributed by atoms with E-state index in [-0.39, 0.29) is 5.92 Å². The number of methoxy groups -OCH3 is 2. The molecule has 0 bridgehead atoms. The molecule has 0 spiro atoms. The van der Waals surface area contributed by atoms with E-state index < -0.39 is 12.1 Å². The fraction of sp³-hybridized carbons (Fsp3) is 0.400. The molecule has 1 aromatic rings. The molecule has 102 valence electrons. The summed E-state index contributed by atoms with van der Waals surface area (Å²) < 4.78 is 9.79. The van der Waals surface area contributed by atoms with E-state index in [9.17, 15) is 9.90 Å². The Hall–Kier alpha value is -1.81. The fourth-order valence-corrected chi connectivity index (χ4v) is 2.41. The molecule has 0 heterocycles. The van der Waals surface area contributed by atoms with E-state index in [0.29, 0.717) is 6.42 Å². The number of carbonyl (C=O) groups is 1. The Morgan fingerprint density at radius 2 is 2.21 bits per heavy atom. The van der Waals surface area contributed by atoms with E-state index >= 15 is 0 Å². The maximum Gasteiger partial charge on any atom is 0.330 e. The first-order valence-electron chi connectivity index (χ1n) is 6.26. The van der Waals surface area contributed by atoms with Crippen LogP contribution in [0.5, 0.6) is 5.75 Å². The lowest BCUT2D eigenvalue weighted by atomic mass is 9.80. The van der Waals surface area contributed by atoms with Gasteiger partial charge in [-0.3, -0.25) is 0 Å². The number of fused-ring (bicyclic) bond motifs is 1. The Labute approximate surface area is 112 Å². The van der Waals surface area contributed by atoms with Crippen LogP contribution < -0.4 is 4.74 Å². The molecule has 19 heavy (non-hydrogen) atoms. The Balaban J connectivity index is 2.33. The zero-order valence-corrected chi connectivity index (χ0v) is 11.1. The van der Waals surface area contributed by atoms with Gasteiger partial charge in [0, 0.05) is 12.0 Å². The normalized spacial score (nSPS) is 22.1. The van der Waals surface area contributed by atoms with Gasteiger partial charge in [0.25, 0.3) is 0 Å². The summed E-state index contributed by atoms with van der Waals surface area (Å²) in [6, 6.07) is 5.85. The quantitative estimate of drug-likeness (QED) is 0.667. The highest BCUT2D eigenvalue weighted by Crippen LogP contribution is 2.35. The van der Waals surface area contributed by atoms with Crippen LogP contribution in [0.4, 0.5) is 0 Å². The van der Waals surface area contributed by atoms with E-state index in [1.807, 2.05) is 18.2 Å². The minimum atomic E-state index is -0.486. The van der Waals surface area contributed by atoms with Crippen molar-refractivity contribution in [2.75, 3.05) is 14.2 Å². The van der Waals surface area contributed by atoms with E-state index in [1.165, 1.54) is 18.7 Å². The standard InChI is InChI=1S/C15H18O4/c1-18-11-5-3-10-4-7-14(16)12(13(10)9-11)6-8-15(17)19-2/h3,5-6,8-9,12,14,16H,4,7H2,1-2H3/b8-6+/t12-,14-/m0/s1. The van der Waals surface area contributed by atoms with Crippen molar-refractivity contribution in [2.45, 2.75) is 24.9 Å². The van der Waals surface area contributed by atoms with E-state index in [0.717, 1.165) is 17.7 Å². The molecule has 4 nitrogen and oxygen atoms in total. The SMILES string of the molecule is COC(=O)/C=C/[C@H]1c2cc(OC)ccc2CC[C@@H]1O. The van der Waals surface area contributed by atoms with Crippen molar-refractivity contribution in [3.63, 3.8) is 0 Å². The lowest BCUT2D eigenvalue weighted by molar-refractivity contribution is -0.134. The predicted octanol–water partition coefficient (Wildman–Crippen LogP) is 1.82. The predicted molar refractivity (Wildman–Crippen MR) is 71.2 cm³/mol. The number of aliphatic hydroxyl groups is 1. The molecule has 2 rings (SSSR count). The first-order chi connectivity index (χ1) is 9.15. The van der Waals surface area contributed by atoms with Gasteiger partial charge in [0.15, 0.2) is 0 Å². The number of hydrogen-bond donors (Lipinski definition) is 1. The average Bonchev–Trinajstić information content (AvgIpc) is 2.45. The Morgan fingerprint density at radius 1 is 1.42 bits per heavy atom. The molecule has 1 aliphatic carbocycles. The molecule has 4 heteroatoms. The molecule has 0 saturated heterocycles. The van der Waals surface area contributed by atoms with Crippen LogP contribution in [0.2, 0.25) is 0 Å². The van der Waals surface area contributed by atoms with Gasteiger partial charge in [-0.15, -0.1) is 0 Å². The maximum atomic E-state index is 11.2. The van der Waals surface area contributed by atoms with Crippen LogP contribution in [0.3, 0.4) is 0 Å². The Kier molecular flexibility index (Phi) is 4.22. The number of hydrogen-bond acceptors (Lipinski definition) is 4. The third-order valence-electron chi connectivity index (χ3n) is 3.48. The number of aryl methyl sites for hydroxylation is 1. The van der Waals surface area contributed by atoms with Gasteiger partial charge in [-0.2, -0.15) is 0 Å². The van der Waals surface area contributed by atoms with Gasteiger partial charge in [-0.05, 0) is 36.1 Å².